The fraction of sp³-hybridized carbons (Fsp3) is 0.200. The number of benzene rings is 3. The Labute approximate surface area is 275 Å². The lowest BCUT2D eigenvalue weighted by Crippen LogP contribution is -2.48. The van der Waals surface area contributed by atoms with Crippen LogP contribution in [0.2, 0.25) is 10.0 Å². The molecule has 3 amide bonds. The Morgan fingerprint density at radius 2 is 1.59 bits per heavy atom. The van der Waals surface area contributed by atoms with E-state index in [2.05, 4.69) is 36.3 Å². The third-order valence-corrected chi connectivity index (χ3v) is 7.99. The summed E-state index contributed by atoms with van der Waals surface area (Å²) < 4.78 is 0. The molecule has 44 heavy (non-hydrogen) atoms. The number of hydrazone groups is 1. The second-order valence-corrected chi connectivity index (χ2v) is 11.6. The number of phenols is 1. The molecule has 0 spiro atoms. The predicted molar refractivity (Wildman–Crippen MR) is 179 cm³/mol. The molecule has 0 bridgehead atoms. The highest BCUT2D eigenvalue weighted by atomic mass is 35.5. The third kappa shape index (κ3) is 9.65. The Bertz CT molecular complexity index is 1590. The maximum atomic E-state index is 12.4. The minimum atomic E-state index is -0.402. The van der Waals surface area contributed by atoms with Crippen molar-refractivity contribution in [1.82, 2.24) is 20.2 Å². The van der Waals surface area contributed by atoms with Crippen molar-refractivity contribution in [3.63, 3.8) is 0 Å². The molecule has 1 aliphatic heterocycles. The summed E-state index contributed by atoms with van der Waals surface area (Å²) in [5, 5.41) is 23.1. The summed E-state index contributed by atoms with van der Waals surface area (Å²) in [5.41, 5.74) is 6.16. The van der Waals surface area contributed by atoms with Crippen molar-refractivity contribution in [2.24, 2.45) is 5.10 Å². The molecule has 2 heterocycles. The summed E-state index contributed by atoms with van der Waals surface area (Å²) >= 11 is 13.6. The molecule has 1 aliphatic rings. The first-order valence-electron chi connectivity index (χ1n) is 13.4. The minimum Gasteiger partial charge on any atom is -0.507 e. The van der Waals surface area contributed by atoms with E-state index in [1.54, 1.807) is 53.8 Å². The van der Waals surface area contributed by atoms with Crippen LogP contribution in [0.3, 0.4) is 0 Å². The molecule has 0 aliphatic carbocycles. The number of carbonyl (C=O) groups is 2. The minimum absolute atomic E-state index is 0. The topological polar surface area (TPSA) is 122 Å². The molecule has 5 rings (SSSR count). The number of amides is 3. The Kier molecular flexibility index (Phi) is 12.0. The van der Waals surface area contributed by atoms with Gasteiger partial charge in [-0.05, 0) is 54.6 Å². The van der Waals surface area contributed by atoms with Crippen molar-refractivity contribution in [2.75, 3.05) is 43.4 Å². The number of para-hydroxylation sites is 1. The first kappa shape index (κ1) is 33.2. The van der Waals surface area contributed by atoms with Gasteiger partial charge in [0.05, 0.1) is 18.5 Å². The number of carbonyl (C=O) groups excluding carboxylic acids is 2. The number of piperazine rings is 1. The van der Waals surface area contributed by atoms with Crippen LogP contribution in [0.5, 0.6) is 5.75 Å². The highest BCUT2D eigenvalue weighted by Gasteiger charge is 2.20. The van der Waals surface area contributed by atoms with E-state index in [1.165, 1.54) is 6.21 Å². The van der Waals surface area contributed by atoms with Gasteiger partial charge in [-0.2, -0.15) is 5.10 Å². The van der Waals surface area contributed by atoms with Crippen molar-refractivity contribution in [2.45, 2.75) is 6.54 Å². The summed E-state index contributed by atoms with van der Waals surface area (Å²) in [6.07, 6.45) is 1.43. The quantitative estimate of drug-likeness (QED) is 0.125. The second-order valence-electron chi connectivity index (χ2n) is 9.86. The van der Waals surface area contributed by atoms with Gasteiger partial charge < -0.3 is 15.7 Å². The summed E-state index contributed by atoms with van der Waals surface area (Å²) in [6, 6.07) is 18.7. The molecule has 0 saturated carbocycles. The number of aromatic hydroxyl groups is 1. The van der Waals surface area contributed by atoms with Gasteiger partial charge in [0.15, 0.2) is 0 Å². The van der Waals surface area contributed by atoms with Crippen LogP contribution in [0.1, 0.15) is 11.3 Å². The van der Waals surface area contributed by atoms with Crippen LogP contribution in [-0.2, 0) is 11.3 Å². The molecule has 3 aromatic carbocycles. The fourth-order valence-electron chi connectivity index (χ4n) is 4.47. The van der Waals surface area contributed by atoms with Crippen LogP contribution in [0.15, 0.2) is 77.2 Å². The van der Waals surface area contributed by atoms with Gasteiger partial charge in [0, 0.05) is 70.7 Å². The molecule has 14 heteroatoms. The highest BCUT2D eigenvalue weighted by molar-refractivity contribution is 7.13. The van der Waals surface area contributed by atoms with Crippen LogP contribution in [0.4, 0.5) is 16.2 Å². The second kappa shape index (κ2) is 15.8. The number of hydrogen-bond acceptors (Lipinski definition) is 8. The van der Waals surface area contributed by atoms with E-state index in [-0.39, 0.29) is 30.6 Å². The number of anilines is 2. The lowest BCUT2D eigenvalue weighted by molar-refractivity contribution is -0.122. The summed E-state index contributed by atoms with van der Waals surface area (Å²) in [7, 11) is 0. The first-order chi connectivity index (χ1) is 20.8. The van der Waals surface area contributed by atoms with Gasteiger partial charge in [0.25, 0.3) is 5.91 Å². The van der Waals surface area contributed by atoms with E-state index in [4.69, 9.17) is 28.2 Å². The molecule has 4 N–H and O–H groups in total. The van der Waals surface area contributed by atoms with Gasteiger partial charge in [-0.1, -0.05) is 35.3 Å². The molecule has 1 fully saturated rings. The molecule has 0 radical (unpaired) electrons. The van der Waals surface area contributed by atoms with Crippen LogP contribution in [0, 0.1) is 0 Å². The number of phenolic OH excluding ortho intramolecular Hbond substituents is 1. The number of nitrogens with one attached hydrogen (secondary N) is 3. The van der Waals surface area contributed by atoms with Crippen LogP contribution in [0.25, 0.3) is 10.6 Å². The van der Waals surface area contributed by atoms with Crippen molar-refractivity contribution in [3.05, 3.63) is 93.4 Å². The largest absolute Gasteiger partial charge is 0.507 e. The number of aromatic nitrogens is 1. The third-order valence-electron chi connectivity index (χ3n) is 6.61. The van der Waals surface area contributed by atoms with E-state index in [1.807, 2.05) is 24.3 Å². The monoisotopic (exact) mass is 673 g/mol. The van der Waals surface area contributed by atoms with E-state index in [0.29, 0.717) is 27.0 Å². The van der Waals surface area contributed by atoms with Crippen LogP contribution < -0.4 is 16.1 Å². The molecular formula is C30H30Cl3N7O3S. The summed E-state index contributed by atoms with van der Waals surface area (Å²) in [4.78, 5) is 33.9. The van der Waals surface area contributed by atoms with Gasteiger partial charge in [-0.3, -0.25) is 14.6 Å². The zero-order valence-corrected chi connectivity index (χ0v) is 26.5. The number of thiazole rings is 1. The van der Waals surface area contributed by atoms with E-state index < -0.39 is 6.03 Å². The Balaban J connectivity index is 0.00000442. The molecule has 1 saturated heterocycles. The van der Waals surface area contributed by atoms with Gasteiger partial charge in [0.1, 0.15) is 10.8 Å². The molecule has 1 aromatic heterocycles. The van der Waals surface area contributed by atoms with E-state index in [9.17, 15) is 14.7 Å². The van der Waals surface area contributed by atoms with E-state index >= 15 is 0 Å². The molecule has 230 valence electrons. The average Bonchev–Trinajstić information content (AvgIpc) is 3.43. The molecular weight excluding hydrogens is 645 g/mol. The maximum absolute atomic E-state index is 12.4. The molecule has 4 aromatic rings. The Hall–Kier alpha value is -3.71. The zero-order valence-electron chi connectivity index (χ0n) is 23.4. The smallest absolute Gasteiger partial charge is 0.323 e. The standard InChI is InChI=1S/C30H29Cl2N7O3S.ClH/c31-22-13-23(32)15-25(14-22)36-30(42)35-24-7-5-20(6-8-24)29-34-26(19-43-29)17-38-9-11-39(12-10-38)18-28(41)37-33-16-21-3-1-2-4-27(21)40;/h1-8,13-16,19,40H,9-12,17-18H2,(H,37,41)(H2,35,36,42);1H/b33-16+;. The maximum Gasteiger partial charge on any atom is 0.323 e. The van der Waals surface area contributed by atoms with Crippen LogP contribution >= 0.6 is 46.9 Å². The number of rotatable bonds is 9. The number of nitrogens with zero attached hydrogens (tertiary/aromatic N) is 4. The molecule has 10 nitrogen and oxygen atoms in total. The summed E-state index contributed by atoms with van der Waals surface area (Å²) in [6.45, 7) is 4.17. The van der Waals surface area contributed by atoms with Gasteiger partial charge >= 0.3 is 6.03 Å². The SMILES string of the molecule is Cl.O=C(CN1CCN(Cc2csc(-c3ccc(NC(=O)Nc4cc(Cl)cc(Cl)c4)cc3)n2)CC1)N/N=C/c1ccccc1O. The normalized spacial score (nSPS) is 13.8. The first-order valence-corrected chi connectivity index (χ1v) is 15.1. The number of halogens is 3. The number of urea groups is 1. The molecule has 0 atom stereocenters. The predicted octanol–water partition coefficient (Wildman–Crippen LogP) is 6.16. The highest BCUT2D eigenvalue weighted by Crippen LogP contribution is 2.26. The van der Waals surface area contributed by atoms with Crippen molar-refractivity contribution in [1.29, 1.82) is 0 Å². The lowest BCUT2D eigenvalue weighted by Gasteiger charge is -2.33. The van der Waals surface area contributed by atoms with Gasteiger partial charge in [-0.15, -0.1) is 23.7 Å². The van der Waals surface area contributed by atoms with Crippen molar-refractivity contribution < 1.29 is 14.7 Å². The van der Waals surface area contributed by atoms with E-state index in [0.717, 1.165) is 49.0 Å². The summed E-state index contributed by atoms with van der Waals surface area (Å²) in [5.74, 6) is -0.0878. The van der Waals surface area contributed by atoms with Gasteiger partial charge in [0.2, 0.25) is 0 Å². The molecule has 0 unspecified atom stereocenters. The average molecular weight is 675 g/mol. The zero-order chi connectivity index (χ0) is 30.2. The van der Waals surface area contributed by atoms with Crippen molar-refractivity contribution in [3.8, 4) is 16.3 Å². The Morgan fingerprint density at radius 1 is 0.932 bits per heavy atom. The van der Waals surface area contributed by atoms with Crippen molar-refractivity contribution >= 4 is 76.5 Å². The fourth-order valence-corrected chi connectivity index (χ4v) is 5.81. The number of hydrogen-bond donors (Lipinski definition) is 4. The van der Waals surface area contributed by atoms with Crippen LogP contribution in [-0.4, -0.2) is 70.8 Å². The lowest BCUT2D eigenvalue weighted by atomic mass is 10.2. The van der Waals surface area contributed by atoms with Gasteiger partial charge in [-0.25, -0.2) is 15.2 Å². The Morgan fingerprint density at radius 3 is 2.30 bits per heavy atom.